The number of hydrogen-bond acceptors (Lipinski definition) is 3. The van der Waals surface area contributed by atoms with Gasteiger partial charge in [0.1, 0.15) is 0 Å². The van der Waals surface area contributed by atoms with Gasteiger partial charge in [0.15, 0.2) is 0 Å². The van der Waals surface area contributed by atoms with Crippen molar-refractivity contribution >= 4 is 12.0 Å². The lowest BCUT2D eigenvalue weighted by molar-refractivity contribution is -0.149. The zero-order valence-corrected chi connectivity index (χ0v) is 15.0. The van der Waals surface area contributed by atoms with Crippen LogP contribution in [-0.4, -0.2) is 36.6 Å². The quantitative estimate of drug-likeness (QED) is 0.675. The van der Waals surface area contributed by atoms with Crippen LogP contribution in [0.1, 0.15) is 56.2 Å². The highest BCUT2D eigenvalue weighted by Gasteiger charge is 2.29. The van der Waals surface area contributed by atoms with Crippen LogP contribution >= 0.6 is 0 Å². The molecule has 0 bridgehead atoms. The second kappa shape index (κ2) is 8.37. The van der Waals surface area contributed by atoms with E-state index in [0.29, 0.717) is 32.5 Å². The van der Waals surface area contributed by atoms with Crippen molar-refractivity contribution in [3.8, 4) is 0 Å². The molecule has 1 aliphatic heterocycles. The van der Waals surface area contributed by atoms with Crippen molar-refractivity contribution in [3.63, 3.8) is 0 Å². The summed E-state index contributed by atoms with van der Waals surface area (Å²) < 4.78 is 5.09. The van der Waals surface area contributed by atoms with Gasteiger partial charge in [0, 0.05) is 13.1 Å². The molecule has 1 heterocycles. The molecule has 1 N–H and O–H groups in total. The van der Waals surface area contributed by atoms with Crippen molar-refractivity contribution in [2.24, 2.45) is 5.92 Å². The minimum Gasteiger partial charge on any atom is -0.466 e. The van der Waals surface area contributed by atoms with E-state index >= 15 is 0 Å². The van der Waals surface area contributed by atoms with Crippen molar-refractivity contribution in [3.05, 3.63) is 35.4 Å². The lowest BCUT2D eigenvalue weighted by Crippen LogP contribution is -2.46. The van der Waals surface area contributed by atoms with Gasteiger partial charge >= 0.3 is 12.0 Å². The molecule has 2 aliphatic rings. The SMILES string of the molecule is CCOC(=O)C1CCN(C(=O)N[C@@H]2CCCCc3ccccc32)CC1. The van der Waals surface area contributed by atoms with Crippen molar-refractivity contribution < 1.29 is 14.3 Å². The molecule has 5 heteroatoms. The molecule has 1 fully saturated rings. The van der Waals surface area contributed by atoms with Crippen molar-refractivity contribution in [2.45, 2.75) is 51.5 Å². The molecule has 1 aromatic rings. The fraction of sp³-hybridized carbons (Fsp3) is 0.600. The number of likely N-dealkylation sites (tertiary alicyclic amines) is 1. The average molecular weight is 344 g/mol. The van der Waals surface area contributed by atoms with Gasteiger partial charge in [0.2, 0.25) is 0 Å². The Morgan fingerprint density at radius 1 is 1.16 bits per heavy atom. The maximum atomic E-state index is 12.7. The number of carbonyl (C=O) groups excluding carboxylic acids is 2. The Labute approximate surface area is 149 Å². The van der Waals surface area contributed by atoms with Gasteiger partial charge in [-0.25, -0.2) is 4.79 Å². The van der Waals surface area contributed by atoms with Crippen molar-refractivity contribution in [2.75, 3.05) is 19.7 Å². The van der Waals surface area contributed by atoms with Crippen molar-refractivity contribution in [1.29, 1.82) is 0 Å². The number of benzene rings is 1. The Morgan fingerprint density at radius 2 is 1.92 bits per heavy atom. The smallest absolute Gasteiger partial charge is 0.317 e. The number of ether oxygens (including phenoxy) is 1. The van der Waals surface area contributed by atoms with Crippen LogP contribution in [0.25, 0.3) is 0 Å². The Balaban J connectivity index is 1.57. The molecule has 3 rings (SSSR count). The van der Waals surface area contributed by atoms with Gasteiger partial charge in [0.25, 0.3) is 0 Å². The molecule has 25 heavy (non-hydrogen) atoms. The number of nitrogens with one attached hydrogen (secondary N) is 1. The molecule has 1 saturated heterocycles. The summed E-state index contributed by atoms with van der Waals surface area (Å²) >= 11 is 0. The van der Waals surface area contributed by atoms with Crippen LogP contribution in [-0.2, 0) is 16.0 Å². The number of hydrogen-bond donors (Lipinski definition) is 1. The van der Waals surface area contributed by atoms with Crippen LogP contribution < -0.4 is 5.32 Å². The highest BCUT2D eigenvalue weighted by atomic mass is 16.5. The van der Waals surface area contributed by atoms with E-state index < -0.39 is 0 Å². The molecule has 0 aromatic heterocycles. The summed E-state index contributed by atoms with van der Waals surface area (Å²) in [4.78, 5) is 26.4. The third-order valence-corrected chi connectivity index (χ3v) is 5.32. The molecule has 2 amide bonds. The van der Waals surface area contributed by atoms with Crippen LogP contribution in [0.3, 0.4) is 0 Å². The molecule has 1 atom stereocenters. The number of nitrogens with zero attached hydrogens (tertiary/aromatic N) is 1. The van der Waals surface area contributed by atoms with E-state index in [4.69, 9.17) is 4.74 Å². The first-order valence-corrected chi connectivity index (χ1v) is 9.49. The Morgan fingerprint density at radius 3 is 2.68 bits per heavy atom. The summed E-state index contributed by atoms with van der Waals surface area (Å²) in [7, 11) is 0. The zero-order valence-electron chi connectivity index (χ0n) is 15.0. The largest absolute Gasteiger partial charge is 0.466 e. The monoisotopic (exact) mass is 344 g/mol. The van der Waals surface area contributed by atoms with Crippen LogP contribution in [0.5, 0.6) is 0 Å². The summed E-state index contributed by atoms with van der Waals surface area (Å²) in [5.41, 5.74) is 2.61. The third-order valence-electron chi connectivity index (χ3n) is 5.32. The van der Waals surface area contributed by atoms with Gasteiger partial charge in [-0.05, 0) is 50.2 Å². The lowest BCUT2D eigenvalue weighted by atomic mass is 9.97. The fourth-order valence-corrected chi connectivity index (χ4v) is 3.89. The minimum atomic E-state index is -0.125. The van der Waals surface area contributed by atoms with Gasteiger partial charge in [-0.15, -0.1) is 0 Å². The van der Waals surface area contributed by atoms with Crippen LogP contribution in [0.4, 0.5) is 4.79 Å². The van der Waals surface area contributed by atoms with Gasteiger partial charge in [0.05, 0.1) is 18.6 Å². The van der Waals surface area contributed by atoms with E-state index in [1.165, 1.54) is 17.5 Å². The van der Waals surface area contributed by atoms with Gasteiger partial charge in [-0.3, -0.25) is 4.79 Å². The molecule has 0 saturated carbocycles. The Hall–Kier alpha value is -2.04. The number of piperidine rings is 1. The van der Waals surface area contributed by atoms with Crippen LogP contribution in [0, 0.1) is 5.92 Å². The number of carbonyl (C=O) groups is 2. The van der Waals surface area contributed by atoms with E-state index in [-0.39, 0.29) is 24.0 Å². The zero-order chi connectivity index (χ0) is 17.6. The van der Waals surface area contributed by atoms with Gasteiger partial charge in [-0.2, -0.15) is 0 Å². The summed E-state index contributed by atoms with van der Waals surface area (Å²) in [5, 5.41) is 3.22. The van der Waals surface area contributed by atoms with Crippen LogP contribution in [0.2, 0.25) is 0 Å². The van der Waals surface area contributed by atoms with Gasteiger partial charge in [-0.1, -0.05) is 30.7 Å². The molecule has 1 aliphatic carbocycles. The third kappa shape index (κ3) is 4.33. The van der Waals surface area contributed by atoms with E-state index in [0.717, 1.165) is 19.3 Å². The minimum absolute atomic E-state index is 0.0102. The standard InChI is InChI=1S/C20H28N2O3/c1-2-25-19(23)16-11-13-22(14-12-16)20(24)21-18-10-6-4-8-15-7-3-5-9-17(15)18/h3,5,7,9,16,18H,2,4,6,8,10-14H2,1H3,(H,21,24)/t18-/m1/s1. The molecular formula is C20H28N2O3. The van der Waals surface area contributed by atoms with Gasteiger partial charge < -0.3 is 15.0 Å². The number of aryl methyl sites for hydroxylation is 1. The number of rotatable bonds is 3. The van der Waals surface area contributed by atoms with E-state index in [1.807, 2.05) is 17.9 Å². The number of amides is 2. The maximum absolute atomic E-state index is 12.7. The number of urea groups is 1. The molecule has 0 radical (unpaired) electrons. The molecule has 0 unspecified atom stereocenters. The van der Waals surface area contributed by atoms with E-state index in [2.05, 4.69) is 23.5 Å². The first-order valence-electron chi connectivity index (χ1n) is 9.49. The normalized spacial score (nSPS) is 21.2. The van der Waals surface area contributed by atoms with Crippen LogP contribution in [0.15, 0.2) is 24.3 Å². The lowest BCUT2D eigenvalue weighted by Gasteiger charge is -2.32. The molecule has 1 aromatic carbocycles. The first-order chi connectivity index (χ1) is 12.2. The number of fused-ring (bicyclic) bond motifs is 1. The second-order valence-electron chi connectivity index (χ2n) is 6.96. The predicted octanol–water partition coefficient (Wildman–Crippen LogP) is 3.44. The van der Waals surface area contributed by atoms with Crippen molar-refractivity contribution in [1.82, 2.24) is 10.2 Å². The number of esters is 1. The second-order valence-corrected chi connectivity index (χ2v) is 6.96. The fourth-order valence-electron chi connectivity index (χ4n) is 3.89. The highest BCUT2D eigenvalue weighted by Crippen LogP contribution is 2.29. The summed E-state index contributed by atoms with van der Waals surface area (Å²) in [5.74, 6) is -0.192. The Kier molecular flexibility index (Phi) is 5.95. The molecular weight excluding hydrogens is 316 g/mol. The topological polar surface area (TPSA) is 58.6 Å². The molecule has 136 valence electrons. The molecule has 5 nitrogen and oxygen atoms in total. The molecule has 0 spiro atoms. The predicted molar refractivity (Wildman–Crippen MR) is 96.2 cm³/mol. The average Bonchev–Trinajstić information content (AvgIpc) is 2.84. The summed E-state index contributed by atoms with van der Waals surface area (Å²) in [6, 6.07) is 8.51. The van der Waals surface area contributed by atoms with E-state index in [9.17, 15) is 9.59 Å². The first kappa shape index (κ1) is 17.8. The van der Waals surface area contributed by atoms with E-state index in [1.54, 1.807) is 0 Å². The summed E-state index contributed by atoms with van der Waals surface area (Å²) in [6.07, 6.45) is 5.76. The maximum Gasteiger partial charge on any atom is 0.317 e. The summed E-state index contributed by atoms with van der Waals surface area (Å²) in [6.45, 7) is 3.47. The Bertz CT molecular complexity index is 609. The highest BCUT2D eigenvalue weighted by molar-refractivity contribution is 5.76.